The third-order valence-electron chi connectivity index (χ3n) is 83.8. The zero-order chi connectivity index (χ0) is 52.8. The lowest BCUT2D eigenvalue weighted by molar-refractivity contribution is -0.124. The summed E-state index contributed by atoms with van der Waals surface area (Å²) < 4.78 is 0. The van der Waals surface area contributed by atoms with Gasteiger partial charge in [0, 0.05) is 33.5 Å². The predicted molar refractivity (Wildman–Crippen MR) is 311 cm³/mol. The third-order valence-corrected chi connectivity index (χ3v) is 83.8. The first-order chi connectivity index (χ1) is 46.7. The number of carbonyl (C=O) groups excluding carboxylic acids is 1. The molecular formula is C96H46O. The van der Waals surface area contributed by atoms with Crippen LogP contribution in [0.25, 0.3) is 0 Å². The molecule has 0 N–H and O–H groups in total. The predicted octanol–water partition coefficient (Wildman–Crippen LogP) is 9.91. The van der Waals surface area contributed by atoms with Crippen LogP contribution in [0.3, 0.4) is 0 Å². The van der Waals surface area contributed by atoms with Gasteiger partial charge in [0.15, 0.2) is 0 Å². The van der Waals surface area contributed by atoms with E-state index in [0.717, 1.165) is 25.7 Å². The van der Waals surface area contributed by atoms with Crippen LogP contribution in [-0.2, 0) is 4.79 Å². The second-order valence-corrected chi connectivity index (χ2v) is 64.6. The van der Waals surface area contributed by atoms with Gasteiger partial charge in [-0.1, -0.05) is 55.9 Å². The SMILES string of the molecule is C.C.C1C2C13C21C32C13C21C32C13C21C32C13C21C32C13C21C32C13C21C32C34C56C78C9%10C%11%12C%13%14C%15%16C%17%18C%19%20CC%19C%20%17C%18%15C%16%13C%14%11C%129C%107C85C63C142.C1C2C13C21C32C13C21C32C13C21C32C13C21C32C13C21C32C13C21C32C34C56C78C9%10C%11%12C%13%14C%15%16C%17%18C%19%20CC%19C%20%17C%18%15C%16%13C%14%11C%129C%107C85C63C142.CCCC1CC(C)C(CC(C)(C)C)C1=O. The molecule has 72 spiro atoms. The Morgan fingerprint density at radius 3 is 0.588 bits per heavy atom. The number of carbonyl (C=O) groups is 1. The third kappa shape index (κ3) is 0.601. The van der Waals surface area contributed by atoms with Crippen LogP contribution in [0.4, 0.5) is 0 Å². The standard InChI is InChI=1S/2C40H6.C14H26O.2CH4/c2*1-3-5(1)7(3)9(5)11(7)13(9)15(11)17(13)19(15)21(17)23(19)25(21)27(23)29(25)31(27)33(29)35(31)37(33)39(35)38-34-30-26-22-18-14-10-6-2-4(6)8(6,10)12(10,14)16(14,18)20(18,22)24(22,26)28(26,30)32(30,34)36(34,38)40(37,38)39;1-6-7-11-8-10(2)12(13(11)15)9-14(3,4)5;;/h2*3-4H,1-2H2;10-12H,6-9H2,1-5H3;2*1H4. The molecule has 77 saturated carbocycles. The molecule has 0 amide bonds. The molecule has 0 heterocycles. The Kier molecular flexibility index (Phi) is 1.25. The van der Waals surface area contributed by atoms with Gasteiger partial charge in [0.05, 0.1) is 0 Å². The van der Waals surface area contributed by atoms with Crippen LogP contribution in [0.5, 0.6) is 0 Å². The van der Waals surface area contributed by atoms with E-state index in [9.17, 15) is 4.79 Å². The van der Waals surface area contributed by atoms with Crippen molar-refractivity contribution in [3.63, 3.8) is 0 Å². The van der Waals surface area contributed by atoms with E-state index in [4.69, 9.17) is 0 Å². The zero-order valence-corrected chi connectivity index (χ0v) is 52.1. The molecular weight excluding hydrogens is 1170 g/mol. The Morgan fingerprint density at radius 1 is 0.278 bits per heavy atom. The van der Waals surface area contributed by atoms with E-state index < -0.39 is 0 Å². The molecule has 77 fully saturated rings. The second-order valence-electron chi connectivity index (χ2n) is 64.6. The zero-order valence-electron chi connectivity index (χ0n) is 52.1. The van der Waals surface area contributed by atoms with Crippen molar-refractivity contribution in [3.05, 3.63) is 168 Å². The molecule has 0 saturated heterocycles. The van der Waals surface area contributed by atoms with Crippen molar-refractivity contribution >= 4 is 5.78 Å². The second kappa shape index (κ2) is 3.89. The Bertz CT molecular complexity index is 7470. The van der Waals surface area contributed by atoms with Crippen LogP contribution < -0.4 is 0 Å². The Hall–Kier alpha value is -0.330. The molecule has 0 radical (unpaired) electrons. The van der Waals surface area contributed by atoms with Crippen molar-refractivity contribution in [1.82, 2.24) is 0 Å². The molecule has 77 rings (SSSR count). The van der Waals surface area contributed by atoms with E-state index in [0.29, 0.717) is 23.5 Å². The minimum Gasteiger partial charge on any atom is -0.299 e. The summed E-state index contributed by atoms with van der Waals surface area (Å²) in [6.45, 7) is 11.1. The van der Waals surface area contributed by atoms with Crippen LogP contribution in [0.2, 0.25) is 0 Å². The Balaban J connectivity index is 0.0000000659. The summed E-state index contributed by atoms with van der Waals surface area (Å²) in [5, 5.41) is 0. The van der Waals surface area contributed by atoms with Gasteiger partial charge in [0.1, 0.15) is 5.78 Å². The van der Waals surface area contributed by atoms with E-state index in [1.807, 2.05) is 0 Å². The molecule has 1 heteroatoms. The Labute approximate surface area is 544 Å². The maximum absolute atomic E-state index is 12.2. The van der Waals surface area contributed by atoms with Crippen LogP contribution in [0.1, 0.15) is 101 Å². The van der Waals surface area contributed by atoms with Crippen LogP contribution in [-0.4, -0.2) is 5.78 Å². The molecule has 0 aromatic carbocycles. The van der Waals surface area contributed by atoms with Gasteiger partial charge in [-0.2, -0.15) is 0 Å². The van der Waals surface area contributed by atoms with Gasteiger partial charge in [-0.15, -0.1) is 0 Å². The molecule has 1 nitrogen and oxygen atoms in total. The lowest BCUT2D eigenvalue weighted by Crippen LogP contribution is -2.23. The lowest BCUT2D eigenvalue weighted by atomic mass is 9.78. The fraction of sp³-hybridized carbons (Fsp3) is 0.990. The minimum absolute atomic E-state index is 0. The van der Waals surface area contributed by atoms with Gasteiger partial charge in [-0.3, -0.25) is 4.79 Å². The van der Waals surface area contributed by atoms with Crippen molar-refractivity contribution in [1.29, 1.82) is 0 Å². The summed E-state index contributed by atoms with van der Waals surface area (Å²) in [6, 6.07) is 0. The summed E-state index contributed by atoms with van der Waals surface area (Å²) in [6.07, 6.45) is 11.5. The van der Waals surface area contributed by atoms with E-state index in [1.165, 1.54) is 414 Å². The first-order valence-electron chi connectivity index (χ1n) is 46.2. The van der Waals surface area contributed by atoms with Crippen molar-refractivity contribution < 1.29 is 4.79 Å². The fourth-order valence-corrected chi connectivity index (χ4v) is 101. The normalized spacial score (nSPS) is 153. The van der Waals surface area contributed by atoms with E-state index in [2.05, 4.69) is 34.6 Å². The molecule has 71 atom stereocenters. The highest BCUT2D eigenvalue weighted by atomic mass is 16.1. The minimum atomic E-state index is 0. The van der Waals surface area contributed by atoms with Gasteiger partial charge in [0.2, 0.25) is 0 Å². The van der Waals surface area contributed by atoms with Crippen molar-refractivity contribution in [2.24, 2.45) is 269 Å². The molecule has 0 aromatic rings. The number of hydrogen-bond donors (Lipinski definition) is 0. The largest absolute Gasteiger partial charge is 0.299 e. The number of Topliss-reactive ketones (excluding diaryl/α,β-unsaturated/α-hetero) is 1. The first-order valence-corrected chi connectivity index (χ1v) is 46.2. The smallest absolute Gasteiger partial charge is 0.139 e. The number of hydrogen-bond acceptors (Lipinski definition) is 1. The molecule has 97 heavy (non-hydrogen) atoms. The van der Waals surface area contributed by atoms with E-state index in [-0.39, 0.29) is 20.3 Å². The molecule has 0 aromatic heterocycles. The van der Waals surface area contributed by atoms with Gasteiger partial charge in [0.25, 0.3) is 0 Å². The highest BCUT2D eigenvalue weighted by Gasteiger charge is 4.04. The maximum Gasteiger partial charge on any atom is 0.139 e. The fourth-order valence-electron chi connectivity index (χ4n) is 101. The van der Waals surface area contributed by atoms with Crippen LogP contribution in [0.15, 0.2) is 0 Å². The van der Waals surface area contributed by atoms with E-state index >= 15 is 0 Å². The molecule has 436 valence electrons. The Morgan fingerprint density at radius 2 is 0.443 bits per heavy atom. The van der Waals surface area contributed by atoms with Gasteiger partial charge < -0.3 is 0 Å². The maximum atomic E-state index is 12.2. The summed E-state index contributed by atoms with van der Waals surface area (Å²) in [5.74, 6) is 7.43. The van der Waals surface area contributed by atoms with Crippen molar-refractivity contribution in [2.75, 3.05) is 0 Å². The summed E-state index contributed by atoms with van der Waals surface area (Å²) in [5.41, 5.74) is 89.0. The average molecular weight is 1220 g/mol. The van der Waals surface area contributed by atoms with Crippen LogP contribution in [0, 0.1) is 437 Å². The first kappa shape index (κ1) is 31.1. The van der Waals surface area contributed by atoms with E-state index in [1.54, 1.807) is 25.7 Å². The van der Waals surface area contributed by atoms with Crippen molar-refractivity contribution in [3.8, 4) is 0 Å². The number of rotatable bonds is 3. The summed E-state index contributed by atoms with van der Waals surface area (Å²) in [7, 11) is 0. The monoisotopic (exact) mass is 1210 g/mol. The van der Waals surface area contributed by atoms with Crippen LogP contribution >= 0.6 is 0 Å². The highest BCUT2D eigenvalue weighted by Crippen LogP contribution is 4.09. The molecule has 71 unspecified atom stereocenters. The van der Waals surface area contributed by atoms with Gasteiger partial charge >= 0.3 is 0 Å². The number of ketones is 1. The topological polar surface area (TPSA) is 17.1 Å². The average Bonchev–Trinajstić information content (AvgIpc) is 1.10. The molecule has 0 aliphatic heterocycles. The highest BCUT2D eigenvalue weighted by molar-refractivity contribution is 7.23. The summed E-state index contributed by atoms with van der Waals surface area (Å²) >= 11 is 0. The van der Waals surface area contributed by atoms with Gasteiger partial charge in [-0.25, -0.2) is 0 Å². The quantitative estimate of drug-likeness (QED) is 0.275. The van der Waals surface area contributed by atoms with Gasteiger partial charge in [-0.05, 0) is 448 Å². The summed E-state index contributed by atoms with van der Waals surface area (Å²) in [4.78, 5) is 12.2. The molecule has 0 bridgehead atoms. The molecule has 77 aliphatic rings. The van der Waals surface area contributed by atoms with Crippen molar-refractivity contribution in [2.45, 2.75) is 101 Å². The lowest BCUT2D eigenvalue weighted by Gasteiger charge is -2.24. The molecule has 77 aliphatic carbocycles.